The van der Waals surface area contributed by atoms with E-state index < -0.39 is 0 Å². The SMILES string of the molecule is Cc1ccccc1N1c2c(sc3ccccc23)N(C)[C@@H]1C. The molecule has 3 aromatic rings. The van der Waals surface area contributed by atoms with Crippen LogP contribution in [0.25, 0.3) is 10.1 Å². The van der Waals surface area contributed by atoms with Crippen LogP contribution < -0.4 is 9.80 Å². The van der Waals surface area contributed by atoms with Crippen LogP contribution in [-0.2, 0) is 0 Å². The molecule has 0 N–H and O–H groups in total. The van der Waals surface area contributed by atoms with Gasteiger partial charge < -0.3 is 9.80 Å². The quantitative estimate of drug-likeness (QED) is 0.613. The molecule has 1 aromatic heterocycles. The Morgan fingerprint density at radius 3 is 2.52 bits per heavy atom. The maximum absolute atomic E-state index is 2.48. The van der Waals surface area contributed by atoms with E-state index in [0.717, 1.165) is 0 Å². The molecule has 0 saturated carbocycles. The molecule has 0 unspecified atom stereocenters. The van der Waals surface area contributed by atoms with Crippen LogP contribution in [0.3, 0.4) is 0 Å². The summed E-state index contributed by atoms with van der Waals surface area (Å²) in [4.78, 5) is 4.86. The summed E-state index contributed by atoms with van der Waals surface area (Å²) in [5.41, 5.74) is 3.99. The summed E-state index contributed by atoms with van der Waals surface area (Å²) >= 11 is 1.89. The molecule has 2 aromatic carbocycles. The Bertz CT molecular complexity index is 821. The Morgan fingerprint density at radius 2 is 1.71 bits per heavy atom. The molecular formula is C18H18N2S. The predicted molar refractivity (Wildman–Crippen MR) is 93.0 cm³/mol. The van der Waals surface area contributed by atoms with Gasteiger partial charge in [-0.1, -0.05) is 36.4 Å². The molecule has 0 fully saturated rings. The zero-order chi connectivity index (χ0) is 14.6. The van der Waals surface area contributed by atoms with Gasteiger partial charge in [-0.25, -0.2) is 0 Å². The van der Waals surface area contributed by atoms with Crippen molar-refractivity contribution in [1.29, 1.82) is 0 Å². The smallest absolute Gasteiger partial charge is 0.118 e. The standard InChI is InChI=1S/C18H18N2S/c1-12-8-4-6-10-15(12)20-13(2)19(3)18-17(20)14-9-5-7-11-16(14)21-18/h4-11,13H,1-3H3/t13-/m0/s1. The summed E-state index contributed by atoms with van der Waals surface area (Å²) in [6.45, 7) is 4.46. The van der Waals surface area contributed by atoms with Gasteiger partial charge in [0.1, 0.15) is 11.2 Å². The van der Waals surface area contributed by atoms with Crippen LogP contribution in [0.2, 0.25) is 0 Å². The molecule has 0 radical (unpaired) electrons. The van der Waals surface area contributed by atoms with E-state index in [4.69, 9.17) is 0 Å². The molecule has 3 heteroatoms. The first-order chi connectivity index (χ1) is 10.2. The van der Waals surface area contributed by atoms with E-state index in [2.05, 4.69) is 79.2 Å². The lowest BCUT2D eigenvalue weighted by molar-refractivity contribution is 0.735. The van der Waals surface area contributed by atoms with Crippen molar-refractivity contribution >= 4 is 37.8 Å². The molecule has 2 heterocycles. The molecule has 1 aliphatic rings. The first kappa shape index (κ1) is 12.7. The molecule has 0 saturated heterocycles. The first-order valence-corrected chi connectivity index (χ1v) is 8.09. The molecule has 0 spiro atoms. The molecule has 4 rings (SSSR count). The number of thiophene rings is 1. The Labute approximate surface area is 129 Å². The van der Waals surface area contributed by atoms with Gasteiger partial charge in [0, 0.05) is 22.8 Å². The Balaban J connectivity index is 2.01. The summed E-state index contributed by atoms with van der Waals surface area (Å²) in [6, 6.07) is 17.4. The molecule has 0 amide bonds. The van der Waals surface area contributed by atoms with Gasteiger partial charge in [0.25, 0.3) is 0 Å². The van der Waals surface area contributed by atoms with Crippen LogP contribution in [0.5, 0.6) is 0 Å². The number of aryl methyl sites for hydroxylation is 1. The number of benzene rings is 2. The number of anilines is 3. The van der Waals surface area contributed by atoms with Gasteiger partial charge >= 0.3 is 0 Å². The van der Waals surface area contributed by atoms with E-state index in [1.807, 2.05) is 11.3 Å². The van der Waals surface area contributed by atoms with Gasteiger partial charge in [-0.05, 0) is 31.5 Å². The van der Waals surface area contributed by atoms with Crippen molar-refractivity contribution in [3.05, 3.63) is 54.1 Å². The van der Waals surface area contributed by atoms with E-state index in [0.29, 0.717) is 6.17 Å². The normalized spacial score (nSPS) is 17.6. The minimum Gasteiger partial charge on any atom is -0.344 e. The monoisotopic (exact) mass is 294 g/mol. The van der Waals surface area contributed by atoms with Gasteiger partial charge in [-0.3, -0.25) is 0 Å². The maximum atomic E-state index is 2.48. The van der Waals surface area contributed by atoms with E-state index in [-0.39, 0.29) is 0 Å². The van der Waals surface area contributed by atoms with E-state index >= 15 is 0 Å². The number of fused-ring (bicyclic) bond motifs is 3. The highest BCUT2D eigenvalue weighted by atomic mass is 32.1. The zero-order valence-electron chi connectivity index (χ0n) is 12.5. The second-order valence-electron chi connectivity index (χ2n) is 5.65. The van der Waals surface area contributed by atoms with Crippen LogP contribution in [0, 0.1) is 6.92 Å². The highest BCUT2D eigenvalue weighted by Gasteiger charge is 2.35. The zero-order valence-corrected chi connectivity index (χ0v) is 13.3. The van der Waals surface area contributed by atoms with Crippen molar-refractivity contribution in [1.82, 2.24) is 0 Å². The summed E-state index contributed by atoms with van der Waals surface area (Å²) in [5, 5.41) is 2.73. The fourth-order valence-electron chi connectivity index (χ4n) is 3.18. The van der Waals surface area contributed by atoms with E-state index in [1.54, 1.807) is 0 Å². The summed E-state index contributed by atoms with van der Waals surface area (Å²) in [6.07, 6.45) is 0.344. The van der Waals surface area contributed by atoms with E-state index in [9.17, 15) is 0 Å². The maximum Gasteiger partial charge on any atom is 0.118 e. The molecule has 0 bridgehead atoms. The minimum atomic E-state index is 0.344. The summed E-state index contributed by atoms with van der Waals surface area (Å²) in [5.74, 6) is 0. The van der Waals surface area contributed by atoms with Crippen LogP contribution in [0.4, 0.5) is 16.4 Å². The number of rotatable bonds is 1. The second-order valence-corrected chi connectivity index (χ2v) is 6.68. The average Bonchev–Trinajstić information content (AvgIpc) is 2.98. The lowest BCUT2D eigenvalue weighted by Gasteiger charge is -2.29. The van der Waals surface area contributed by atoms with Gasteiger partial charge in [0.05, 0.1) is 5.69 Å². The topological polar surface area (TPSA) is 6.48 Å². The predicted octanol–water partition coefficient (Wildman–Crippen LogP) is 5.14. The van der Waals surface area contributed by atoms with Crippen molar-refractivity contribution < 1.29 is 0 Å². The Kier molecular flexibility index (Phi) is 2.73. The minimum absolute atomic E-state index is 0.344. The number of hydrogen-bond acceptors (Lipinski definition) is 3. The van der Waals surface area contributed by atoms with Crippen molar-refractivity contribution in [3.63, 3.8) is 0 Å². The number of nitrogens with zero attached hydrogens (tertiary/aromatic N) is 2. The molecule has 1 aliphatic heterocycles. The van der Waals surface area contributed by atoms with Gasteiger partial charge in [-0.2, -0.15) is 0 Å². The molecule has 0 aliphatic carbocycles. The third kappa shape index (κ3) is 1.70. The van der Waals surface area contributed by atoms with Gasteiger partial charge in [0.15, 0.2) is 0 Å². The van der Waals surface area contributed by atoms with Crippen LogP contribution in [0.1, 0.15) is 12.5 Å². The highest BCUT2D eigenvalue weighted by Crippen LogP contribution is 2.53. The largest absolute Gasteiger partial charge is 0.344 e. The average molecular weight is 294 g/mol. The third-order valence-corrected chi connectivity index (χ3v) is 5.67. The van der Waals surface area contributed by atoms with Crippen molar-refractivity contribution in [2.45, 2.75) is 20.0 Å². The highest BCUT2D eigenvalue weighted by molar-refractivity contribution is 7.23. The van der Waals surface area contributed by atoms with E-state index in [1.165, 1.54) is 32.0 Å². The first-order valence-electron chi connectivity index (χ1n) is 7.27. The lowest BCUT2D eigenvalue weighted by Crippen LogP contribution is -2.36. The summed E-state index contributed by atoms with van der Waals surface area (Å²) in [7, 11) is 2.19. The molecule has 1 atom stereocenters. The van der Waals surface area contributed by atoms with Crippen molar-refractivity contribution in [3.8, 4) is 0 Å². The summed E-state index contributed by atoms with van der Waals surface area (Å²) < 4.78 is 1.36. The van der Waals surface area contributed by atoms with Crippen LogP contribution >= 0.6 is 11.3 Å². The molecule has 21 heavy (non-hydrogen) atoms. The molecule has 2 nitrogen and oxygen atoms in total. The third-order valence-electron chi connectivity index (χ3n) is 4.42. The fraction of sp³-hybridized carbons (Fsp3) is 0.222. The van der Waals surface area contributed by atoms with Crippen LogP contribution in [0.15, 0.2) is 48.5 Å². The molecule has 106 valence electrons. The number of para-hydroxylation sites is 1. The van der Waals surface area contributed by atoms with Gasteiger partial charge in [-0.15, -0.1) is 11.3 Å². The number of hydrogen-bond donors (Lipinski definition) is 0. The molecular weight excluding hydrogens is 276 g/mol. The Morgan fingerprint density at radius 1 is 1.00 bits per heavy atom. The van der Waals surface area contributed by atoms with Crippen molar-refractivity contribution in [2.75, 3.05) is 16.8 Å². The second kappa shape index (κ2) is 4.50. The van der Waals surface area contributed by atoms with Crippen molar-refractivity contribution in [2.24, 2.45) is 0 Å². The fourth-order valence-corrected chi connectivity index (χ4v) is 4.41. The van der Waals surface area contributed by atoms with Crippen LogP contribution in [-0.4, -0.2) is 13.2 Å². The Hall–Kier alpha value is -2.00. The van der Waals surface area contributed by atoms with Gasteiger partial charge in [0.2, 0.25) is 0 Å². The lowest BCUT2D eigenvalue weighted by atomic mass is 10.1.